The third kappa shape index (κ3) is 2.96. The summed E-state index contributed by atoms with van der Waals surface area (Å²) in [6, 6.07) is 16.2. The molecule has 18 heavy (non-hydrogen) atoms. The maximum atomic E-state index is 6.22. The monoisotopic (exact) mass is 260 g/mol. The molecule has 0 amide bonds. The van der Waals surface area contributed by atoms with Crippen molar-refractivity contribution in [3.63, 3.8) is 0 Å². The highest BCUT2D eigenvalue weighted by atomic mass is 35.5. The highest BCUT2D eigenvalue weighted by Crippen LogP contribution is 2.32. The van der Waals surface area contributed by atoms with Crippen LogP contribution in [0.25, 0.3) is 0 Å². The van der Waals surface area contributed by atoms with Crippen molar-refractivity contribution in [2.75, 3.05) is 24.3 Å². The fourth-order valence-electron chi connectivity index (χ4n) is 1.91. The van der Waals surface area contributed by atoms with Crippen molar-refractivity contribution in [3.8, 4) is 0 Å². The summed E-state index contributed by atoms with van der Waals surface area (Å²) in [5, 5.41) is 4.19. The Labute approximate surface area is 113 Å². The lowest BCUT2D eigenvalue weighted by atomic mass is 10.2. The van der Waals surface area contributed by atoms with Crippen molar-refractivity contribution >= 4 is 23.0 Å². The van der Waals surface area contributed by atoms with Crippen LogP contribution in [0.2, 0.25) is 5.02 Å². The fraction of sp³-hybridized carbons (Fsp3) is 0.200. The minimum Gasteiger partial charge on any atom is -0.379 e. The van der Waals surface area contributed by atoms with Gasteiger partial charge in [0.15, 0.2) is 0 Å². The van der Waals surface area contributed by atoms with Crippen molar-refractivity contribution in [2.24, 2.45) is 0 Å². The number of nitrogens with zero attached hydrogens (tertiary/aromatic N) is 1. The Kier molecular flexibility index (Phi) is 4.11. The fourth-order valence-corrected chi connectivity index (χ4v) is 2.25. The van der Waals surface area contributed by atoms with E-state index in [0.717, 1.165) is 22.9 Å². The van der Waals surface area contributed by atoms with Gasteiger partial charge in [-0.05, 0) is 17.7 Å². The van der Waals surface area contributed by atoms with E-state index < -0.39 is 0 Å². The SMILES string of the molecule is CN(C)c1c(Cl)cccc1NCc1ccccc1. The molecule has 0 aromatic heterocycles. The van der Waals surface area contributed by atoms with Gasteiger partial charge in [-0.25, -0.2) is 0 Å². The maximum Gasteiger partial charge on any atom is 0.0786 e. The van der Waals surface area contributed by atoms with Gasteiger partial charge < -0.3 is 10.2 Å². The molecule has 0 fully saturated rings. The smallest absolute Gasteiger partial charge is 0.0786 e. The van der Waals surface area contributed by atoms with E-state index in [9.17, 15) is 0 Å². The zero-order valence-electron chi connectivity index (χ0n) is 10.7. The van der Waals surface area contributed by atoms with E-state index in [-0.39, 0.29) is 0 Å². The lowest BCUT2D eigenvalue weighted by molar-refractivity contribution is 1.10. The highest BCUT2D eigenvalue weighted by Gasteiger charge is 2.08. The van der Waals surface area contributed by atoms with Gasteiger partial charge >= 0.3 is 0 Å². The third-order valence-electron chi connectivity index (χ3n) is 2.76. The van der Waals surface area contributed by atoms with E-state index in [1.54, 1.807) is 0 Å². The largest absolute Gasteiger partial charge is 0.379 e. The molecule has 0 aliphatic heterocycles. The molecule has 0 saturated heterocycles. The first-order valence-electron chi connectivity index (χ1n) is 5.92. The summed E-state index contributed by atoms with van der Waals surface area (Å²) in [5.74, 6) is 0. The van der Waals surface area contributed by atoms with Crippen molar-refractivity contribution in [2.45, 2.75) is 6.54 Å². The van der Waals surface area contributed by atoms with Gasteiger partial charge in [0.05, 0.1) is 16.4 Å². The zero-order valence-corrected chi connectivity index (χ0v) is 11.4. The maximum absolute atomic E-state index is 6.22. The summed E-state index contributed by atoms with van der Waals surface area (Å²) in [7, 11) is 3.99. The Balaban J connectivity index is 2.17. The third-order valence-corrected chi connectivity index (χ3v) is 3.06. The molecule has 94 valence electrons. The minimum absolute atomic E-state index is 0.762. The van der Waals surface area contributed by atoms with Gasteiger partial charge in [0.25, 0.3) is 0 Å². The second kappa shape index (κ2) is 5.78. The van der Waals surface area contributed by atoms with Gasteiger partial charge in [0.1, 0.15) is 0 Å². The van der Waals surface area contributed by atoms with Crippen LogP contribution in [0.15, 0.2) is 48.5 Å². The number of benzene rings is 2. The Morgan fingerprint density at radius 1 is 1.00 bits per heavy atom. The molecule has 2 aromatic carbocycles. The first-order valence-corrected chi connectivity index (χ1v) is 6.30. The van der Waals surface area contributed by atoms with E-state index >= 15 is 0 Å². The Bertz CT molecular complexity index is 509. The number of rotatable bonds is 4. The predicted octanol–water partition coefficient (Wildman–Crippen LogP) is 4.02. The van der Waals surface area contributed by atoms with E-state index in [1.165, 1.54) is 5.56 Å². The van der Waals surface area contributed by atoms with E-state index in [2.05, 4.69) is 17.4 Å². The summed E-state index contributed by atoms with van der Waals surface area (Å²) in [5.41, 5.74) is 3.33. The lowest BCUT2D eigenvalue weighted by Gasteiger charge is -2.20. The van der Waals surface area contributed by atoms with Crippen molar-refractivity contribution in [1.82, 2.24) is 0 Å². The van der Waals surface area contributed by atoms with Gasteiger partial charge in [-0.1, -0.05) is 48.0 Å². The van der Waals surface area contributed by atoms with Gasteiger partial charge in [-0.2, -0.15) is 0 Å². The van der Waals surface area contributed by atoms with Crippen molar-refractivity contribution in [3.05, 3.63) is 59.1 Å². The normalized spacial score (nSPS) is 10.2. The standard InChI is InChI=1S/C15H17ClN2/c1-18(2)15-13(16)9-6-10-14(15)17-11-12-7-4-3-5-8-12/h3-10,17H,11H2,1-2H3. The van der Waals surface area contributed by atoms with Crippen LogP contribution in [-0.4, -0.2) is 14.1 Å². The second-order valence-corrected chi connectivity index (χ2v) is 4.78. The van der Waals surface area contributed by atoms with E-state index in [1.807, 2.05) is 55.4 Å². The van der Waals surface area contributed by atoms with Crippen LogP contribution in [0, 0.1) is 0 Å². The minimum atomic E-state index is 0.762. The molecule has 0 unspecified atom stereocenters. The number of hydrogen-bond donors (Lipinski definition) is 1. The van der Waals surface area contributed by atoms with Crippen molar-refractivity contribution in [1.29, 1.82) is 0 Å². The molecule has 3 heteroatoms. The molecule has 0 saturated carbocycles. The van der Waals surface area contributed by atoms with Crippen LogP contribution in [0.4, 0.5) is 11.4 Å². The Morgan fingerprint density at radius 2 is 1.72 bits per heavy atom. The molecule has 0 radical (unpaired) electrons. The Hall–Kier alpha value is -1.67. The quantitative estimate of drug-likeness (QED) is 0.893. The van der Waals surface area contributed by atoms with Gasteiger partial charge in [0, 0.05) is 20.6 Å². The average molecular weight is 261 g/mol. The van der Waals surface area contributed by atoms with Gasteiger partial charge in [0.2, 0.25) is 0 Å². The average Bonchev–Trinajstić information content (AvgIpc) is 2.37. The van der Waals surface area contributed by atoms with E-state index in [4.69, 9.17) is 11.6 Å². The molecular weight excluding hydrogens is 244 g/mol. The number of halogens is 1. The van der Waals surface area contributed by atoms with Crippen LogP contribution in [0.1, 0.15) is 5.56 Å². The van der Waals surface area contributed by atoms with Crippen LogP contribution in [-0.2, 0) is 6.54 Å². The molecule has 0 spiro atoms. The molecule has 2 nitrogen and oxygen atoms in total. The van der Waals surface area contributed by atoms with Crippen LogP contribution < -0.4 is 10.2 Å². The lowest BCUT2D eigenvalue weighted by Crippen LogP contribution is -2.12. The first kappa shape index (κ1) is 12.8. The zero-order chi connectivity index (χ0) is 13.0. The molecule has 2 aromatic rings. The summed E-state index contributed by atoms with van der Waals surface area (Å²) in [4.78, 5) is 2.02. The van der Waals surface area contributed by atoms with Crippen LogP contribution in [0.5, 0.6) is 0 Å². The van der Waals surface area contributed by atoms with Crippen LogP contribution >= 0.6 is 11.6 Å². The number of hydrogen-bond acceptors (Lipinski definition) is 2. The predicted molar refractivity (Wildman–Crippen MR) is 79.5 cm³/mol. The second-order valence-electron chi connectivity index (χ2n) is 4.37. The van der Waals surface area contributed by atoms with Crippen molar-refractivity contribution < 1.29 is 0 Å². The highest BCUT2D eigenvalue weighted by molar-refractivity contribution is 6.34. The van der Waals surface area contributed by atoms with Gasteiger partial charge in [-0.3, -0.25) is 0 Å². The summed E-state index contributed by atoms with van der Waals surface area (Å²) < 4.78 is 0. The van der Waals surface area contributed by atoms with Crippen LogP contribution in [0.3, 0.4) is 0 Å². The molecule has 0 atom stereocenters. The molecule has 0 aliphatic carbocycles. The number of nitrogens with one attached hydrogen (secondary N) is 1. The number of anilines is 2. The molecule has 0 bridgehead atoms. The Morgan fingerprint density at radius 3 is 2.39 bits per heavy atom. The molecule has 2 rings (SSSR count). The molecule has 1 N–H and O–H groups in total. The topological polar surface area (TPSA) is 15.3 Å². The first-order chi connectivity index (χ1) is 8.68. The van der Waals surface area contributed by atoms with Gasteiger partial charge in [-0.15, -0.1) is 0 Å². The molecule has 0 heterocycles. The summed E-state index contributed by atoms with van der Waals surface area (Å²) in [6.07, 6.45) is 0. The molecule has 0 aliphatic rings. The van der Waals surface area contributed by atoms with E-state index in [0.29, 0.717) is 0 Å². The number of para-hydroxylation sites is 1. The summed E-state index contributed by atoms with van der Waals surface area (Å²) >= 11 is 6.22. The summed E-state index contributed by atoms with van der Waals surface area (Å²) in [6.45, 7) is 0.794. The molecular formula is C15H17ClN2.